The summed E-state index contributed by atoms with van der Waals surface area (Å²) in [5.41, 5.74) is 10.5. The van der Waals surface area contributed by atoms with Crippen LogP contribution >= 0.6 is 0 Å². The van der Waals surface area contributed by atoms with Crippen LogP contribution in [-0.4, -0.2) is 31.6 Å². The number of amides is 2. The zero-order chi connectivity index (χ0) is 13.5. The molecule has 0 saturated carbocycles. The SMILES string of the molecule is NC(=O)COCCNC(=O)c1cc(N)ccc1F. The Morgan fingerprint density at radius 3 is 2.78 bits per heavy atom. The molecular formula is C11H14FN3O3. The number of primary amides is 1. The first-order valence-electron chi connectivity index (χ1n) is 5.20. The minimum absolute atomic E-state index is 0.110. The second-order valence-corrected chi connectivity index (χ2v) is 3.51. The highest BCUT2D eigenvalue weighted by molar-refractivity contribution is 5.95. The van der Waals surface area contributed by atoms with Gasteiger partial charge in [-0.25, -0.2) is 4.39 Å². The van der Waals surface area contributed by atoms with Gasteiger partial charge in [0.1, 0.15) is 12.4 Å². The summed E-state index contributed by atoms with van der Waals surface area (Å²) >= 11 is 0. The molecular weight excluding hydrogens is 241 g/mol. The Bertz CT molecular complexity index is 451. The summed E-state index contributed by atoms with van der Waals surface area (Å²) in [5.74, 6) is -1.84. The number of nitrogen functional groups attached to an aromatic ring is 1. The second-order valence-electron chi connectivity index (χ2n) is 3.51. The van der Waals surface area contributed by atoms with Crippen LogP contribution in [0.5, 0.6) is 0 Å². The van der Waals surface area contributed by atoms with Crippen LogP contribution in [0.2, 0.25) is 0 Å². The van der Waals surface area contributed by atoms with E-state index in [4.69, 9.17) is 16.2 Å². The summed E-state index contributed by atoms with van der Waals surface area (Å²) in [7, 11) is 0. The Labute approximate surface area is 103 Å². The fourth-order valence-electron chi connectivity index (χ4n) is 1.22. The van der Waals surface area contributed by atoms with Crippen molar-refractivity contribution in [2.24, 2.45) is 5.73 Å². The predicted molar refractivity (Wildman–Crippen MR) is 63.2 cm³/mol. The minimum Gasteiger partial charge on any atom is -0.399 e. The zero-order valence-electron chi connectivity index (χ0n) is 9.61. The fraction of sp³-hybridized carbons (Fsp3) is 0.273. The fourth-order valence-corrected chi connectivity index (χ4v) is 1.22. The number of hydrogen-bond acceptors (Lipinski definition) is 4. The van der Waals surface area contributed by atoms with Crippen LogP contribution in [0.15, 0.2) is 18.2 Å². The Morgan fingerprint density at radius 1 is 1.39 bits per heavy atom. The molecule has 0 aliphatic heterocycles. The van der Waals surface area contributed by atoms with E-state index < -0.39 is 17.6 Å². The summed E-state index contributed by atoms with van der Waals surface area (Å²) in [6.07, 6.45) is 0. The number of hydrogen-bond donors (Lipinski definition) is 3. The van der Waals surface area contributed by atoms with Gasteiger partial charge in [0.25, 0.3) is 5.91 Å². The first kappa shape index (κ1) is 13.9. The lowest BCUT2D eigenvalue weighted by molar-refractivity contribution is -0.122. The normalized spacial score (nSPS) is 10.1. The molecule has 2 amide bonds. The molecule has 0 heterocycles. The lowest BCUT2D eigenvalue weighted by atomic mass is 10.2. The quantitative estimate of drug-likeness (QED) is 0.476. The molecule has 1 rings (SSSR count). The second kappa shape index (κ2) is 6.55. The van der Waals surface area contributed by atoms with Gasteiger partial charge in [0, 0.05) is 12.2 Å². The Hall–Kier alpha value is -2.15. The molecule has 1 aromatic carbocycles. The maximum absolute atomic E-state index is 13.3. The van der Waals surface area contributed by atoms with Gasteiger partial charge in [0.15, 0.2) is 0 Å². The molecule has 0 bridgehead atoms. The number of carbonyl (C=O) groups is 2. The maximum Gasteiger partial charge on any atom is 0.254 e. The van der Waals surface area contributed by atoms with E-state index in [-0.39, 0.29) is 25.3 Å². The molecule has 0 spiro atoms. The van der Waals surface area contributed by atoms with Gasteiger partial charge in [-0.1, -0.05) is 0 Å². The lowest BCUT2D eigenvalue weighted by Gasteiger charge is -2.07. The van der Waals surface area contributed by atoms with Crippen LogP contribution in [0, 0.1) is 5.82 Å². The Morgan fingerprint density at radius 2 is 2.11 bits per heavy atom. The molecule has 0 atom stereocenters. The van der Waals surface area contributed by atoms with Gasteiger partial charge < -0.3 is 21.5 Å². The molecule has 0 aliphatic rings. The third-order valence-corrected chi connectivity index (χ3v) is 2.01. The average Bonchev–Trinajstić information content (AvgIpc) is 2.31. The van der Waals surface area contributed by atoms with Crippen LogP contribution in [0.1, 0.15) is 10.4 Å². The van der Waals surface area contributed by atoms with Gasteiger partial charge in [-0.05, 0) is 18.2 Å². The number of benzene rings is 1. The third kappa shape index (κ3) is 4.38. The van der Waals surface area contributed by atoms with Gasteiger partial charge >= 0.3 is 0 Å². The van der Waals surface area contributed by atoms with Crippen LogP contribution < -0.4 is 16.8 Å². The van der Waals surface area contributed by atoms with Crippen molar-refractivity contribution in [3.63, 3.8) is 0 Å². The first-order valence-corrected chi connectivity index (χ1v) is 5.20. The van der Waals surface area contributed by atoms with Crippen LogP contribution in [-0.2, 0) is 9.53 Å². The minimum atomic E-state index is -0.653. The molecule has 0 unspecified atom stereocenters. The number of carbonyl (C=O) groups excluding carboxylic acids is 2. The molecule has 6 nitrogen and oxygen atoms in total. The number of halogens is 1. The van der Waals surface area contributed by atoms with E-state index in [1.807, 2.05) is 0 Å². The highest BCUT2D eigenvalue weighted by Gasteiger charge is 2.11. The standard InChI is InChI=1S/C11H14FN3O3/c12-9-2-1-7(13)5-8(9)11(17)15-3-4-18-6-10(14)16/h1-2,5H,3-4,6,13H2,(H2,14,16)(H,15,17). The smallest absolute Gasteiger partial charge is 0.254 e. The zero-order valence-corrected chi connectivity index (χ0v) is 9.61. The van der Waals surface area contributed by atoms with Crippen molar-refractivity contribution in [3.05, 3.63) is 29.6 Å². The van der Waals surface area contributed by atoms with Crippen molar-refractivity contribution in [1.29, 1.82) is 0 Å². The van der Waals surface area contributed by atoms with Crippen LogP contribution in [0.25, 0.3) is 0 Å². The van der Waals surface area contributed by atoms with Crippen LogP contribution in [0.3, 0.4) is 0 Å². The predicted octanol–water partition coefficient (Wildman–Crippen LogP) is -0.360. The summed E-state index contributed by atoms with van der Waals surface area (Å²) in [5, 5.41) is 2.43. The Kier molecular flexibility index (Phi) is 5.06. The highest BCUT2D eigenvalue weighted by atomic mass is 19.1. The van der Waals surface area contributed by atoms with Gasteiger partial charge in [0.2, 0.25) is 5.91 Å². The number of ether oxygens (including phenoxy) is 1. The molecule has 98 valence electrons. The van der Waals surface area contributed by atoms with Gasteiger partial charge in [-0.3, -0.25) is 9.59 Å². The summed E-state index contributed by atoms with van der Waals surface area (Å²) in [4.78, 5) is 21.9. The van der Waals surface area contributed by atoms with Crippen LogP contribution in [0.4, 0.5) is 10.1 Å². The molecule has 18 heavy (non-hydrogen) atoms. The van der Waals surface area contributed by atoms with Crippen molar-refractivity contribution in [1.82, 2.24) is 5.32 Å². The number of nitrogens with two attached hydrogens (primary N) is 2. The van der Waals surface area contributed by atoms with E-state index in [1.54, 1.807) is 0 Å². The van der Waals surface area contributed by atoms with Crippen molar-refractivity contribution < 1.29 is 18.7 Å². The molecule has 5 N–H and O–H groups in total. The largest absolute Gasteiger partial charge is 0.399 e. The Balaban J connectivity index is 2.41. The lowest BCUT2D eigenvalue weighted by Crippen LogP contribution is -2.29. The summed E-state index contributed by atoms with van der Waals surface area (Å²) in [6, 6.07) is 3.73. The topological polar surface area (TPSA) is 107 Å². The average molecular weight is 255 g/mol. The van der Waals surface area contributed by atoms with E-state index in [9.17, 15) is 14.0 Å². The molecule has 0 aliphatic carbocycles. The van der Waals surface area contributed by atoms with Crippen molar-refractivity contribution in [2.45, 2.75) is 0 Å². The molecule has 0 radical (unpaired) electrons. The molecule has 1 aromatic rings. The summed E-state index contributed by atoms with van der Waals surface area (Å²) in [6.45, 7) is 0.0292. The van der Waals surface area contributed by atoms with Gasteiger partial charge in [-0.15, -0.1) is 0 Å². The number of rotatable bonds is 6. The molecule has 0 saturated heterocycles. The van der Waals surface area contributed by atoms with Gasteiger partial charge in [0.05, 0.1) is 12.2 Å². The molecule has 0 fully saturated rings. The monoisotopic (exact) mass is 255 g/mol. The van der Waals surface area contributed by atoms with E-state index in [1.165, 1.54) is 12.1 Å². The van der Waals surface area contributed by atoms with E-state index in [2.05, 4.69) is 5.32 Å². The molecule has 7 heteroatoms. The van der Waals surface area contributed by atoms with E-state index in [0.717, 1.165) is 6.07 Å². The van der Waals surface area contributed by atoms with Crippen molar-refractivity contribution >= 4 is 17.5 Å². The number of anilines is 1. The van der Waals surface area contributed by atoms with E-state index >= 15 is 0 Å². The first-order chi connectivity index (χ1) is 8.50. The number of nitrogens with one attached hydrogen (secondary N) is 1. The summed E-state index contributed by atoms with van der Waals surface area (Å²) < 4.78 is 18.1. The maximum atomic E-state index is 13.3. The van der Waals surface area contributed by atoms with Crippen molar-refractivity contribution in [2.75, 3.05) is 25.5 Å². The van der Waals surface area contributed by atoms with E-state index in [0.29, 0.717) is 5.69 Å². The highest BCUT2D eigenvalue weighted by Crippen LogP contribution is 2.11. The van der Waals surface area contributed by atoms with Gasteiger partial charge in [-0.2, -0.15) is 0 Å². The third-order valence-electron chi connectivity index (χ3n) is 2.01. The van der Waals surface area contributed by atoms with Crippen molar-refractivity contribution in [3.8, 4) is 0 Å². The molecule has 0 aromatic heterocycles.